The van der Waals surface area contributed by atoms with Crippen molar-refractivity contribution >= 4 is 11.7 Å². The highest BCUT2D eigenvalue weighted by atomic mass is 16.4. The topological polar surface area (TPSA) is 86.0 Å². The first kappa shape index (κ1) is 13.0. The van der Waals surface area contributed by atoms with Gasteiger partial charge in [0, 0.05) is 11.9 Å². The van der Waals surface area contributed by atoms with E-state index in [-0.39, 0.29) is 11.6 Å². The number of nitrogens with one attached hydrogen (secondary N) is 1. The Hall–Kier alpha value is -2.09. The van der Waals surface area contributed by atoms with E-state index in [0.29, 0.717) is 12.1 Å². The summed E-state index contributed by atoms with van der Waals surface area (Å²) in [4.78, 5) is 14.9. The molecule has 90 valence electrons. The SMILES string of the molecule is CC(C)C[C@@H](Nc1ccnc(C#N)c1)C(=O)O. The lowest BCUT2D eigenvalue weighted by Crippen LogP contribution is -2.30. The number of pyridine rings is 1. The molecule has 1 aromatic heterocycles. The number of rotatable bonds is 5. The lowest BCUT2D eigenvalue weighted by Gasteiger charge is -2.17. The molecule has 0 radical (unpaired) electrons. The van der Waals surface area contributed by atoms with Crippen molar-refractivity contribution in [3.63, 3.8) is 0 Å². The minimum atomic E-state index is -0.894. The first-order valence-corrected chi connectivity index (χ1v) is 5.38. The molecule has 0 unspecified atom stereocenters. The zero-order valence-electron chi connectivity index (χ0n) is 9.84. The predicted molar refractivity (Wildman–Crippen MR) is 63.5 cm³/mol. The molecule has 5 nitrogen and oxygen atoms in total. The maximum atomic E-state index is 11.1. The average molecular weight is 233 g/mol. The Morgan fingerprint density at radius 1 is 1.65 bits per heavy atom. The highest BCUT2D eigenvalue weighted by molar-refractivity contribution is 5.77. The summed E-state index contributed by atoms with van der Waals surface area (Å²) in [6.45, 7) is 3.93. The van der Waals surface area contributed by atoms with Crippen LogP contribution in [0.15, 0.2) is 18.3 Å². The summed E-state index contributed by atoms with van der Waals surface area (Å²) in [5, 5.41) is 20.7. The van der Waals surface area contributed by atoms with Crippen molar-refractivity contribution in [3.05, 3.63) is 24.0 Å². The molecule has 0 aliphatic heterocycles. The molecular weight excluding hydrogens is 218 g/mol. The van der Waals surface area contributed by atoms with Gasteiger partial charge >= 0.3 is 5.97 Å². The standard InChI is InChI=1S/C12H15N3O2/c1-8(2)5-11(12(16)17)15-9-3-4-14-10(6-9)7-13/h3-4,6,8,11H,5H2,1-2H3,(H,14,15)(H,16,17)/t11-/m1/s1. The fourth-order valence-electron chi connectivity index (χ4n) is 1.48. The van der Waals surface area contributed by atoms with Crippen LogP contribution in [0.1, 0.15) is 26.0 Å². The second kappa shape index (κ2) is 5.85. The van der Waals surface area contributed by atoms with Gasteiger partial charge in [-0.25, -0.2) is 9.78 Å². The van der Waals surface area contributed by atoms with E-state index in [9.17, 15) is 4.79 Å². The van der Waals surface area contributed by atoms with Crippen LogP contribution in [-0.4, -0.2) is 22.1 Å². The lowest BCUT2D eigenvalue weighted by atomic mass is 10.0. The second-order valence-electron chi connectivity index (χ2n) is 4.21. The average Bonchev–Trinajstić information content (AvgIpc) is 2.27. The van der Waals surface area contributed by atoms with Gasteiger partial charge in [-0.15, -0.1) is 0 Å². The first-order valence-electron chi connectivity index (χ1n) is 5.38. The van der Waals surface area contributed by atoms with Crippen molar-refractivity contribution in [2.24, 2.45) is 5.92 Å². The Balaban J connectivity index is 2.79. The maximum Gasteiger partial charge on any atom is 0.326 e. The number of hydrogen-bond acceptors (Lipinski definition) is 4. The quantitative estimate of drug-likeness (QED) is 0.810. The molecule has 5 heteroatoms. The Morgan fingerprint density at radius 3 is 2.88 bits per heavy atom. The summed E-state index contributed by atoms with van der Waals surface area (Å²) < 4.78 is 0. The van der Waals surface area contributed by atoms with Gasteiger partial charge in [0.25, 0.3) is 0 Å². The van der Waals surface area contributed by atoms with Gasteiger partial charge in [-0.05, 0) is 24.5 Å². The third kappa shape index (κ3) is 4.11. The van der Waals surface area contributed by atoms with Crippen LogP contribution in [0, 0.1) is 17.2 Å². The first-order chi connectivity index (χ1) is 8.02. The molecule has 0 saturated heterocycles. The van der Waals surface area contributed by atoms with Crippen LogP contribution >= 0.6 is 0 Å². The molecule has 1 rings (SSSR count). The summed E-state index contributed by atoms with van der Waals surface area (Å²) in [7, 11) is 0. The Bertz CT molecular complexity index is 438. The molecule has 0 bridgehead atoms. The molecule has 0 aliphatic carbocycles. The van der Waals surface area contributed by atoms with Crippen molar-refractivity contribution in [3.8, 4) is 6.07 Å². The summed E-state index contributed by atoms with van der Waals surface area (Å²) in [5.41, 5.74) is 0.869. The Labute approximate surface area is 100 Å². The summed E-state index contributed by atoms with van der Waals surface area (Å²) in [5.74, 6) is -0.616. The highest BCUT2D eigenvalue weighted by Gasteiger charge is 2.18. The minimum absolute atomic E-state index is 0.267. The van der Waals surface area contributed by atoms with Gasteiger partial charge in [0.15, 0.2) is 0 Å². The van der Waals surface area contributed by atoms with E-state index in [1.807, 2.05) is 19.9 Å². The van der Waals surface area contributed by atoms with E-state index in [4.69, 9.17) is 10.4 Å². The normalized spacial score (nSPS) is 11.9. The largest absolute Gasteiger partial charge is 0.480 e. The molecule has 0 fully saturated rings. The van der Waals surface area contributed by atoms with E-state index < -0.39 is 12.0 Å². The highest BCUT2D eigenvalue weighted by Crippen LogP contribution is 2.13. The van der Waals surface area contributed by atoms with Gasteiger partial charge in [0.2, 0.25) is 0 Å². The summed E-state index contributed by atoms with van der Waals surface area (Å²) >= 11 is 0. The van der Waals surface area contributed by atoms with Crippen LogP contribution in [0.25, 0.3) is 0 Å². The number of aliphatic carboxylic acids is 1. The van der Waals surface area contributed by atoms with E-state index in [0.717, 1.165) is 0 Å². The second-order valence-corrected chi connectivity index (χ2v) is 4.21. The summed E-state index contributed by atoms with van der Waals surface area (Å²) in [6.07, 6.45) is 2.01. The minimum Gasteiger partial charge on any atom is -0.480 e. The van der Waals surface area contributed by atoms with Crippen molar-refractivity contribution in [2.75, 3.05) is 5.32 Å². The summed E-state index contributed by atoms with van der Waals surface area (Å²) in [6, 6.07) is 4.45. The van der Waals surface area contributed by atoms with Crippen molar-refractivity contribution < 1.29 is 9.90 Å². The maximum absolute atomic E-state index is 11.1. The van der Waals surface area contributed by atoms with Gasteiger partial charge in [-0.2, -0.15) is 5.26 Å². The van der Waals surface area contributed by atoms with E-state index >= 15 is 0 Å². The fraction of sp³-hybridized carbons (Fsp3) is 0.417. The molecule has 17 heavy (non-hydrogen) atoms. The van der Waals surface area contributed by atoms with Crippen LogP contribution in [0.2, 0.25) is 0 Å². The Morgan fingerprint density at radius 2 is 2.35 bits per heavy atom. The molecule has 1 aromatic rings. The number of carbonyl (C=O) groups is 1. The predicted octanol–water partition coefficient (Wildman–Crippen LogP) is 1.86. The lowest BCUT2D eigenvalue weighted by molar-refractivity contribution is -0.138. The van der Waals surface area contributed by atoms with Gasteiger partial charge < -0.3 is 10.4 Å². The van der Waals surface area contributed by atoms with Gasteiger partial charge in [0.1, 0.15) is 17.8 Å². The molecule has 0 saturated carbocycles. The van der Waals surface area contributed by atoms with E-state index in [2.05, 4.69) is 10.3 Å². The van der Waals surface area contributed by atoms with Gasteiger partial charge in [0.05, 0.1) is 0 Å². The van der Waals surface area contributed by atoms with Gasteiger partial charge in [-0.1, -0.05) is 13.8 Å². The molecule has 0 spiro atoms. The van der Waals surface area contributed by atoms with Crippen LogP contribution < -0.4 is 5.32 Å². The fourth-order valence-corrected chi connectivity index (χ4v) is 1.48. The van der Waals surface area contributed by atoms with Crippen molar-refractivity contribution in [2.45, 2.75) is 26.3 Å². The van der Waals surface area contributed by atoms with Gasteiger partial charge in [-0.3, -0.25) is 0 Å². The third-order valence-corrected chi connectivity index (χ3v) is 2.22. The zero-order valence-corrected chi connectivity index (χ0v) is 9.84. The number of carboxylic acids is 1. The Kier molecular flexibility index (Phi) is 4.46. The molecule has 2 N–H and O–H groups in total. The molecule has 0 amide bonds. The number of nitriles is 1. The number of carboxylic acid groups (broad SMARTS) is 1. The molecule has 1 atom stereocenters. The molecule has 1 heterocycles. The number of anilines is 1. The number of hydrogen-bond donors (Lipinski definition) is 2. The molecule has 0 aliphatic rings. The van der Waals surface area contributed by atoms with Crippen LogP contribution in [0.3, 0.4) is 0 Å². The monoisotopic (exact) mass is 233 g/mol. The third-order valence-electron chi connectivity index (χ3n) is 2.22. The van der Waals surface area contributed by atoms with Crippen LogP contribution in [0.5, 0.6) is 0 Å². The van der Waals surface area contributed by atoms with Crippen molar-refractivity contribution in [1.29, 1.82) is 5.26 Å². The van der Waals surface area contributed by atoms with Crippen molar-refractivity contribution in [1.82, 2.24) is 4.98 Å². The van der Waals surface area contributed by atoms with E-state index in [1.165, 1.54) is 12.3 Å². The molecule has 0 aromatic carbocycles. The van der Waals surface area contributed by atoms with E-state index in [1.54, 1.807) is 6.07 Å². The molecular formula is C12H15N3O2. The number of nitrogens with zero attached hydrogens (tertiary/aromatic N) is 2. The number of aromatic nitrogens is 1. The van der Waals surface area contributed by atoms with Crippen LogP contribution in [-0.2, 0) is 4.79 Å². The van der Waals surface area contributed by atoms with Crippen LogP contribution in [0.4, 0.5) is 5.69 Å². The zero-order chi connectivity index (χ0) is 12.8. The smallest absolute Gasteiger partial charge is 0.326 e.